The van der Waals surface area contributed by atoms with Gasteiger partial charge in [0.2, 0.25) is 0 Å². The second-order valence-corrected chi connectivity index (χ2v) is 6.98. The molecule has 0 aromatic carbocycles. The van der Waals surface area contributed by atoms with Crippen molar-refractivity contribution >= 4 is 11.3 Å². The first kappa shape index (κ1) is 12.1. The van der Waals surface area contributed by atoms with Crippen LogP contribution >= 0.6 is 11.3 Å². The van der Waals surface area contributed by atoms with E-state index < -0.39 is 0 Å². The van der Waals surface area contributed by atoms with Crippen molar-refractivity contribution in [2.24, 2.45) is 11.3 Å². The molecule has 16 heavy (non-hydrogen) atoms. The van der Waals surface area contributed by atoms with Crippen LogP contribution in [0.15, 0.2) is 17.5 Å². The Balaban J connectivity index is 1.83. The summed E-state index contributed by atoms with van der Waals surface area (Å²) in [6.07, 6.45) is 4.05. The van der Waals surface area contributed by atoms with E-state index in [1.54, 1.807) is 0 Å². The molecule has 0 amide bonds. The van der Waals surface area contributed by atoms with Gasteiger partial charge in [0.05, 0.1) is 0 Å². The van der Waals surface area contributed by atoms with Gasteiger partial charge in [-0.05, 0) is 42.0 Å². The topological polar surface area (TPSA) is 12.0 Å². The van der Waals surface area contributed by atoms with Crippen LogP contribution in [0.5, 0.6) is 0 Å². The lowest BCUT2D eigenvalue weighted by atomic mass is 9.70. The van der Waals surface area contributed by atoms with Crippen LogP contribution < -0.4 is 5.32 Å². The number of nitrogens with one attached hydrogen (secondary N) is 1. The first-order valence-corrected chi connectivity index (χ1v) is 7.20. The highest BCUT2D eigenvalue weighted by Crippen LogP contribution is 2.38. The van der Waals surface area contributed by atoms with E-state index in [-0.39, 0.29) is 0 Å². The summed E-state index contributed by atoms with van der Waals surface area (Å²) >= 11 is 1.85. The SMILES string of the molecule is CC1CC(C)(C)CC[C@H]1NCc1cccs1. The largest absolute Gasteiger partial charge is 0.309 e. The third-order valence-corrected chi connectivity index (χ3v) is 4.69. The predicted molar refractivity (Wildman–Crippen MR) is 71.7 cm³/mol. The molecule has 0 bridgehead atoms. The van der Waals surface area contributed by atoms with Gasteiger partial charge in [-0.15, -0.1) is 11.3 Å². The van der Waals surface area contributed by atoms with Crippen LogP contribution in [0.1, 0.15) is 44.9 Å². The van der Waals surface area contributed by atoms with Gasteiger partial charge in [-0.25, -0.2) is 0 Å². The molecule has 2 atom stereocenters. The average Bonchev–Trinajstić information content (AvgIpc) is 2.68. The maximum absolute atomic E-state index is 3.72. The fraction of sp³-hybridized carbons (Fsp3) is 0.714. The summed E-state index contributed by atoms with van der Waals surface area (Å²) in [6, 6.07) is 5.07. The fourth-order valence-corrected chi connectivity index (χ4v) is 3.55. The van der Waals surface area contributed by atoms with Gasteiger partial charge in [0, 0.05) is 17.5 Å². The molecule has 0 saturated heterocycles. The van der Waals surface area contributed by atoms with Crippen LogP contribution in [0, 0.1) is 11.3 Å². The molecule has 1 saturated carbocycles. The molecule has 1 nitrogen and oxygen atoms in total. The molecule has 1 fully saturated rings. The van der Waals surface area contributed by atoms with E-state index >= 15 is 0 Å². The van der Waals surface area contributed by atoms with Crippen molar-refractivity contribution in [1.29, 1.82) is 0 Å². The van der Waals surface area contributed by atoms with E-state index in [2.05, 4.69) is 43.6 Å². The van der Waals surface area contributed by atoms with Crippen LogP contribution in [-0.4, -0.2) is 6.04 Å². The summed E-state index contributed by atoms with van der Waals surface area (Å²) < 4.78 is 0. The van der Waals surface area contributed by atoms with E-state index in [1.165, 1.54) is 24.1 Å². The normalized spacial score (nSPS) is 29.2. The molecule has 1 aliphatic rings. The van der Waals surface area contributed by atoms with E-state index in [0.717, 1.165) is 18.5 Å². The van der Waals surface area contributed by atoms with Crippen molar-refractivity contribution in [2.45, 2.75) is 52.6 Å². The molecule has 1 aromatic rings. The van der Waals surface area contributed by atoms with Gasteiger partial charge in [0.15, 0.2) is 0 Å². The monoisotopic (exact) mass is 237 g/mol. The molecule has 1 unspecified atom stereocenters. The Kier molecular flexibility index (Phi) is 3.70. The fourth-order valence-electron chi connectivity index (χ4n) is 2.89. The first-order valence-electron chi connectivity index (χ1n) is 6.33. The van der Waals surface area contributed by atoms with E-state index in [0.29, 0.717) is 5.41 Å². The predicted octanol–water partition coefficient (Wildman–Crippen LogP) is 4.05. The van der Waals surface area contributed by atoms with Crippen molar-refractivity contribution < 1.29 is 0 Å². The van der Waals surface area contributed by atoms with Gasteiger partial charge >= 0.3 is 0 Å². The van der Waals surface area contributed by atoms with Crippen LogP contribution in [0.3, 0.4) is 0 Å². The minimum atomic E-state index is 0.556. The molecule has 1 heterocycles. The third kappa shape index (κ3) is 3.08. The molecule has 0 radical (unpaired) electrons. The lowest BCUT2D eigenvalue weighted by Crippen LogP contribution is -2.41. The minimum Gasteiger partial charge on any atom is -0.309 e. The van der Waals surface area contributed by atoms with Crippen molar-refractivity contribution in [3.05, 3.63) is 22.4 Å². The first-order chi connectivity index (χ1) is 7.57. The summed E-state index contributed by atoms with van der Waals surface area (Å²) in [6.45, 7) is 8.25. The molecule has 1 aromatic heterocycles. The van der Waals surface area contributed by atoms with Crippen LogP contribution in [-0.2, 0) is 6.54 Å². The molecule has 2 heteroatoms. The van der Waals surface area contributed by atoms with Gasteiger partial charge < -0.3 is 5.32 Å². The zero-order valence-electron chi connectivity index (χ0n) is 10.6. The highest BCUT2D eigenvalue weighted by Gasteiger charge is 2.31. The maximum Gasteiger partial charge on any atom is 0.0302 e. The summed E-state index contributed by atoms with van der Waals surface area (Å²) in [4.78, 5) is 1.46. The number of rotatable bonds is 3. The highest BCUT2D eigenvalue weighted by atomic mass is 32.1. The number of hydrogen-bond donors (Lipinski definition) is 1. The Hall–Kier alpha value is -0.340. The Labute approximate surface area is 103 Å². The standard InChI is InChI=1S/C14H23NS/c1-11-9-14(2,3)7-6-13(11)15-10-12-5-4-8-16-12/h4-5,8,11,13,15H,6-7,9-10H2,1-3H3/t11?,13-/m1/s1. The lowest BCUT2D eigenvalue weighted by molar-refractivity contribution is 0.148. The van der Waals surface area contributed by atoms with Crippen molar-refractivity contribution in [2.75, 3.05) is 0 Å². The van der Waals surface area contributed by atoms with Gasteiger partial charge in [-0.3, -0.25) is 0 Å². The summed E-state index contributed by atoms with van der Waals surface area (Å²) in [5.41, 5.74) is 0.556. The molecular weight excluding hydrogens is 214 g/mol. The average molecular weight is 237 g/mol. The van der Waals surface area contributed by atoms with Crippen molar-refractivity contribution in [1.82, 2.24) is 5.32 Å². The Morgan fingerprint density at radius 1 is 1.50 bits per heavy atom. The zero-order chi connectivity index (χ0) is 11.6. The van der Waals surface area contributed by atoms with Crippen molar-refractivity contribution in [3.8, 4) is 0 Å². The van der Waals surface area contributed by atoms with Crippen LogP contribution in [0.2, 0.25) is 0 Å². The van der Waals surface area contributed by atoms with Gasteiger partial charge in [0.25, 0.3) is 0 Å². The smallest absolute Gasteiger partial charge is 0.0302 e. The lowest BCUT2D eigenvalue weighted by Gasteiger charge is -2.39. The van der Waals surface area contributed by atoms with Gasteiger partial charge in [-0.2, -0.15) is 0 Å². The van der Waals surface area contributed by atoms with E-state index in [9.17, 15) is 0 Å². The molecule has 0 spiro atoms. The molecule has 1 N–H and O–H groups in total. The molecule has 2 rings (SSSR count). The van der Waals surface area contributed by atoms with Gasteiger partial charge in [0.1, 0.15) is 0 Å². The quantitative estimate of drug-likeness (QED) is 0.836. The van der Waals surface area contributed by atoms with Crippen molar-refractivity contribution in [3.63, 3.8) is 0 Å². The maximum atomic E-state index is 3.72. The second kappa shape index (κ2) is 4.89. The van der Waals surface area contributed by atoms with E-state index in [1.807, 2.05) is 11.3 Å². The highest BCUT2D eigenvalue weighted by molar-refractivity contribution is 7.09. The second-order valence-electron chi connectivity index (χ2n) is 5.95. The number of thiophene rings is 1. The minimum absolute atomic E-state index is 0.556. The summed E-state index contributed by atoms with van der Waals surface area (Å²) in [5.74, 6) is 0.809. The Bertz CT molecular complexity index is 315. The molecule has 1 aliphatic carbocycles. The Morgan fingerprint density at radius 2 is 2.31 bits per heavy atom. The zero-order valence-corrected chi connectivity index (χ0v) is 11.4. The summed E-state index contributed by atoms with van der Waals surface area (Å²) in [7, 11) is 0. The van der Waals surface area contributed by atoms with Crippen LogP contribution in [0.25, 0.3) is 0 Å². The third-order valence-electron chi connectivity index (χ3n) is 3.81. The Morgan fingerprint density at radius 3 is 2.94 bits per heavy atom. The molecular formula is C14H23NS. The molecule has 90 valence electrons. The van der Waals surface area contributed by atoms with Gasteiger partial charge in [-0.1, -0.05) is 26.8 Å². The summed E-state index contributed by atoms with van der Waals surface area (Å²) in [5, 5.41) is 5.88. The van der Waals surface area contributed by atoms with Crippen LogP contribution in [0.4, 0.5) is 0 Å². The van der Waals surface area contributed by atoms with E-state index in [4.69, 9.17) is 0 Å². The molecule has 0 aliphatic heterocycles. The number of hydrogen-bond acceptors (Lipinski definition) is 2.